The molecule has 0 N–H and O–H groups in total. The molecule has 0 aromatic heterocycles. The molecule has 60 valence electrons. The number of thiocarbonyl (C=S) groups is 1. The van der Waals surface area contributed by atoms with Crippen molar-refractivity contribution in [2.75, 3.05) is 6.61 Å². The molecule has 0 aliphatic carbocycles. The standard InChI is InChI=1S/C6H12O3S/c1-4-7-5(2)8-9-6(3)10/h5H,4H2,1-3H3. The zero-order chi connectivity index (χ0) is 7.98. The summed E-state index contributed by atoms with van der Waals surface area (Å²) < 4.78 is 4.99. The zero-order valence-corrected chi connectivity index (χ0v) is 7.23. The van der Waals surface area contributed by atoms with E-state index in [0.717, 1.165) is 0 Å². The van der Waals surface area contributed by atoms with Crippen molar-refractivity contribution in [1.82, 2.24) is 0 Å². The van der Waals surface area contributed by atoms with Crippen LogP contribution in [0.15, 0.2) is 0 Å². The van der Waals surface area contributed by atoms with Gasteiger partial charge in [-0.05, 0) is 26.1 Å². The van der Waals surface area contributed by atoms with Crippen LogP contribution >= 0.6 is 12.2 Å². The summed E-state index contributed by atoms with van der Waals surface area (Å²) >= 11 is 4.60. The Morgan fingerprint density at radius 2 is 2.20 bits per heavy atom. The summed E-state index contributed by atoms with van der Waals surface area (Å²) in [6.07, 6.45) is -0.358. The molecule has 0 bridgehead atoms. The van der Waals surface area contributed by atoms with Crippen LogP contribution in [0.25, 0.3) is 0 Å². The molecule has 0 aliphatic rings. The monoisotopic (exact) mass is 164 g/mol. The molecular weight excluding hydrogens is 152 g/mol. The van der Waals surface area contributed by atoms with Gasteiger partial charge < -0.3 is 9.62 Å². The van der Waals surface area contributed by atoms with Crippen molar-refractivity contribution < 1.29 is 14.5 Å². The lowest BCUT2D eigenvalue weighted by Crippen LogP contribution is -2.14. The smallest absolute Gasteiger partial charge is 0.202 e. The number of ether oxygens (including phenoxy) is 1. The average molecular weight is 164 g/mol. The largest absolute Gasteiger partial charge is 0.349 e. The third kappa shape index (κ3) is 5.94. The highest BCUT2D eigenvalue weighted by molar-refractivity contribution is 7.80. The Morgan fingerprint density at radius 3 is 2.60 bits per heavy atom. The van der Waals surface area contributed by atoms with Crippen molar-refractivity contribution in [3.05, 3.63) is 0 Å². The quantitative estimate of drug-likeness (QED) is 0.273. The molecule has 1 atom stereocenters. The Labute approximate surface area is 66.2 Å². The fraction of sp³-hybridized carbons (Fsp3) is 0.833. The van der Waals surface area contributed by atoms with E-state index < -0.39 is 0 Å². The molecule has 10 heavy (non-hydrogen) atoms. The van der Waals surface area contributed by atoms with Crippen molar-refractivity contribution in [2.45, 2.75) is 27.1 Å². The van der Waals surface area contributed by atoms with E-state index in [1.54, 1.807) is 13.8 Å². The second kappa shape index (κ2) is 5.58. The molecule has 0 amide bonds. The Balaban J connectivity index is 3.21. The first-order chi connectivity index (χ1) is 4.66. The van der Waals surface area contributed by atoms with Gasteiger partial charge in [0.15, 0.2) is 6.29 Å². The van der Waals surface area contributed by atoms with Gasteiger partial charge in [-0.1, -0.05) is 0 Å². The molecule has 0 heterocycles. The van der Waals surface area contributed by atoms with Crippen LogP contribution in [0.1, 0.15) is 20.8 Å². The van der Waals surface area contributed by atoms with E-state index in [2.05, 4.69) is 22.0 Å². The summed E-state index contributed by atoms with van der Waals surface area (Å²) in [5.41, 5.74) is 0. The van der Waals surface area contributed by atoms with Gasteiger partial charge in [0.05, 0.1) is 0 Å². The van der Waals surface area contributed by atoms with E-state index in [1.165, 1.54) is 0 Å². The van der Waals surface area contributed by atoms with E-state index in [9.17, 15) is 0 Å². The highest BCUT2D eigenvalue weighted by atomic mass is 32.1. The van der Waals surface area contributed by atoms with Gasteiger partial charge in [-0.2, -0.15) is 4.89 Å². The minimum Gasteiger partial charge on any atom is -0.349 e. The first kappa shape index (κ1) is 9.81. The minimum absolute atomic E-state index is 0.353. The molecule has 1 unspecified atom stereocenters. The van der Waals surface area contributed by atoms with E-state index >= 15 is 0 Å². The van der Waals surface area contributed by atoms with Crippen LogP contribution in [0, 0.1) is 0 Å². The molecule has 0 spiro atoms. The van der Waals surface area contributed by atoms with Crippen molar-refractivity contribution in [3.63, 3.8) is 0 Å². The Morgan fingerprint density at radius 1 is 1.60 bits per heavy atom. The molecule has 0 aromatic rings. The summed E-state index contributed by atoms with van der Waals surface area (Å²) in [6.45, 7) is 5.85. The Hall–Kier alpha value is -0.190. The normalized spacial score (nSPS) is 12.7. The lowest BCUT2D eigenvalue weighted by Gasteiger charge is -2.10. The van der Waals surface area contributed by atoms with Crippen LogP contribution in [0.5, 0.6) is 0 Å². The molecule has 0 saturated carbocycles. The predicted octanol–water partition coefficient (Wildman–Crippen LogP) is 1.66. The highest BCUT2D eigenvalue weighted by Crippen LogP contribution is 1.94. The molecule has 0 aromatic carbocycles. The molecule has 0 aliphatic heterocycles. The summed E-state index contributed by atoms with van der Waals surface area (Å²) in [7, 11) is 0. The van der Waals surface area contributed by atoms with Gasteiger partial charge in [-0.25, -0.2) is 0 Å². The first-order valence-corrected chi connectivity index (χ1v) is 3.53. The Bertz CT molecular complexity index is 105. The van der Waals surface area contributed by atoms with E-state index in [-0.39, 0.29) is 6.29 Å². The SMILES string of the molecule is CCOC(C)OOC(C)=S. The second-order valence-electron chi connectivity index (χ2n) is 1.69. The number of hydrogen-bond acceptors (Lipinski definition) is 4. The van der Waals surface area contributed by atoms with Crippen molar-refractivity contribution in [1.29, 1.82) is 0 Å². The molecule has 0 saturated heterocycles. The molecule has 0 rings (SSSR count). The van der Waals surface area contributed by atoms with Gasteiger partial charge in [0, 0.05) is 13.5 Å². The molecular formula is C6H12O3S. The first-order valence-electron chi connectivity index (χ1n) is 3.12. The number of hydrogen-bond donors (Lipinski definition) is 0. The maximum Gasteiger partial charge on any atom is 0.202 e. The average Bonchev–Trinajstić information content (AvgIpc) is 1.85. The summed E-state index contributed by atoms with van der Waals surface area (Å²) in [6, 6.07) is 0. The van der Waals surface area contributed by atoms with Crippen LogP contribution in [-0.2, 0) is 14.5 Å². The van der Waals surface area contributed by atoms with Crippen LogP contribution in [0.3, 0.4) is 0 Å². The Kier molecular flexibility index (Phi) is 5.48. The van der Waals surface area contributed by atoms with Crippen LogP contribution < -0.4 is 0 Å². The third-order valence-corrected chi connectivity index (χ3v) is 0.770. The summed E-state index contributed by atoms with van der Waals surface area (Å²) in [5.74, 6) is 0. The van der Waals surface area contributed by atoms with E-state index in [4.69, 9.17) is 4.74 Å². The van der Waals surface area contributed by atoms with Gasteiger partial charge >= 0.3 is 0 Å². The van der Waals surface area contributed by atoms with Crippen LogP contribution in [0.2, 0.25) is 0 Å². The van der Waals surface area contributed by atoms with Crippen molar-refractivity contribution >= 4 is 17.3 Å². The lowest BCUT2D eigenvalue weighted by molar-refractivity contribution is -0.321. The van der Waals surface area contributed by atoms with Crippen LogP contribution in [0.4, 0.5) is 0 Å². The van der Waals surface area contributed by atoms with Gasteiger partial charge in [0.1, 0.15) is 0 Å². The second-order valence-corrected chi connectivity index (χ2v) is 2.27. The molecule has 3 nitrogen and oxygen atoms in total. The zero-order valence-electron chi connectivity index (χ0n) is 6.42. The van der Waals surface area contributed by atoms with Crippen molar-refractivity contribution in [2.24, 2.45) is 0 Å². The van der Waals surface area contributed by atoms with E-state index in [1.807, 2.05) is 6.92 Å². The fourth-order valence-electron chi connectivity index (χ4n) is 0.398. The van der Waals surface area contributed by atoms with Gasteiger partial charge in [0.2, 0.25) is 5.05 Å². The minimum atomic E-state index is -0.358. The van der Waals surface area contributed by atoms with Gasteiger partial charge in [-0.15, -0.1) is 0 Å². The van der Waals surface area contributed by atoms with Crippen molar-refractivity contribution in [3.8, 4) is 0 Å². The van der Waals surface area contributed by atoms with Gasteiger partial charge in [-0.3, -0.25) is 0 Å². The topological polar surface area (TPSA) is 27.7 Å². The van der Waals surface area contributed by atoms with Gasteiger partial charge in [0.25, 0.3) is 0 Å². The summed E-state index contributed by atoms with van der Waals surface area (Å²) in [5, 5.41) is 0.353. The van der Waals surface area contributed by atoms with E-state index in [0.29, 0.717) is 11.7 Å². The fourth-order valence-corrected chi connectivity index (χ4v) is 0.437. The third-order valence-electron chi connectivity index (χ3n) is 0.702. The summed E-state index contributed by atoms with van der Waals surface area (Å²) in [4.78, 5) is 9.24. The highest BCUT2D eigenvalue weighted by Gasteiger charge is 2.00. The molecule has 0 radical (unpaired) electrons. The lowest BCUT2D eigenvalue weighted by atomic mass is 10.7. The number of rotatable bonds is 4. The predicted molar refractivity (Wildman–Crippen MR) is 41.5 cm³/mol. The van der Waals surface area contributed by atoms with Crippen LogP contribution in [-0.4, -0.2) is 17.9 Å². The maximum absolute atomic E-state index is 4.99. The molecule has 0 fully saturated rings. The maximum atomic E-state index is 4.99. The molecule has 4 heteroatoms.